The number of nitrogens with one attached hydrogen (secondary N) is 1. The summed E-state index contributed by atoms with van der Waals surface area (Å²) in [4.78, 5) is 24.2. The first-order valence-corrected chi connectivity index (χ1v) is 11.4. The molecule has 0 heterocycles. The van der Waals surface area contributed by atoms with Crippen molar-refractivity contribution in [3.05, 3.63) is 95.1 Å². The molecule has 1 amide bonds. The van der Waals surface area contributed by atoms with Gasteiger partial charge in [0.1, 0.15) is 12.6 Å². The van der Waals surface area contributed by atoms with Crippen molar-refractivity contribution in [2.45, 2.75) is 44.6 Å². The zero-order valence-electron chi connectivity index (χ0n) is 19.0. The van der Waals surface area contributed by atoms with Gasteiger partial charge in [0.15, 0.2) is 0 Å². The largest absolute Gasteiger partial charge is 0.480 e. The topological polar surface area (TPSA) is 75.6 Å². The van der Waals surface area contributed by atoms with E-state index in [-0.39, 0.29) is 12.5 Å². The van der Waals surface area contributed by atoms with Crippen LogP contribution in [-0.2, 0) is 16.0 Å². The number of aliphatic carboxylic acids is 1. The first kappa shape index (κ1) is 22.6. The van der Waals surface area contributed by atoms with Crippen molar-refractivity contribution in [3.8, 4) is 11.1 Å². The number of amides is 1. The van der Waals surface area contributed by atoms with E-state index in [4.69, 9.17) is 4.74 Å². The summed E-state index contributed by atoms with van der Waals surface area (Å²) in [5.41, 5.74) is 6.80. The normalized spacial score (nSPS) is 13.3. The first-order valence-electron chi connectivity index (χ1n) is 11.4. The zero-order chi connectivity index (χ0) is 23.4. The second-order valence-electron chi connectivity index (χ2n) is 8.80. The van der Waals surface area contributed by atoms with E-state index in [0.717, 1.165) is 27.8 Å². The van der Waals surface area contributed by atoms with Crippen molar-refractivity contribution >= 4 is 12.1 Å². The summed E-state index contributed by atoms with van der Waals surface area (Å²) in [6.45, 7) is 4.40. The van der Waals surface area contributed by atoms with Crippen molar-refractivity contribution in [3.63, 3.8) is 0 Å². The fourth-order valence-corrected chi connectivity index (χ4v) is 4.46. The summed E-state index contributed by atoms with van der Waals surface area (Å²) in [6.07, 6.45) is 0.141. The van der Waals surface area contributed by atoms with Gasteiger partial charge >= 0.3 is 12.1 Å². The lowest BCUT2D eigenvalue weighted by atomic mass is 9.98. The number of fused-ring (bicyclic) bond motifs is 3. The van der Waals surface area contributed by atoms with Gasteiger partial charge in [-0.05, 0) is 52.1 Å². The van der Waals surface area contributed by atoms with Crippen LogP contribution in [0.2, 0.25) is 0 Å². The van der Waals surface area contributed by atoms with E-state index < -0.39 is 18.1 Å². The van der Waals surface area contributed by atoms with Crippen LogP contribution in [0.15, 0.2) is 72.8 Å². The van der Waals surface area contributed by atoms with Gasteiger partial charge in [-0.3, -0.25) is 0 Å². The molecule has 3 aromatic carbocycles. The van der Waals surface area contributed by atoms with Crippen LogP contribution < -0.4 is 5.32 Å². The number of hydrogen-bond donors (Lipinski definition) is 2. The first-order chi connectivity index (χ1) is 15.9. The lowest BCUT2D eigenvalue weighted by Gasteiger charge is -2.18. The maximum Gasteiger partial charge on any atom is 0.407 e. The fourth-order valence-electron chi connectivity index (χ4n) is 4.46. The quantitative estimate of drug-likeness (QED) is 0.466. The van der Waals surface area contributed by atoms with Crippen LogP contribution in [0.3, 0.4) is 0 Å². The van der Waals surface area contributed by atoms with Crippen LogP contribution in [0.4, 0.5) is 4.79 Å². The highest BCUT2D eigenvalue weighted by molar-refractivity contribution is 5.81. The molecule has 1 aliphatic carbocycles. The van der Waals surface area contributed by atoms with Gasteiger partial charge in [-0.2, -0.15) is 0 Å². The number of benzene rings is 3. The molecule has 5 heteroatoms. The Balaban J connectivity index is 1.37. The van der Waals surface area contributed by atoms with Gasteiger partial charge in [0.25, 0.3) is 0 Å². The van der Waals surface area contributed by atoms with Crippen molar-refractivity contribution in [1.29, 1.82) is 0 Å². The Morgan fingerprint density at radius 1 is 0.939 bits per heavy atom. The average molecular weight is 444 g/mol. The molecule has 0 radical (unpaired) electrons. The molecule has 3 aromatic rings. The van der Waals surface area contributed by atoms with Crippen molar-refractivity contribution < 1.29 is 19.4 Å². The van der Waals surface area contributed by atoms with E-state index in [2.05, 4.69) is 43.4 Å². The van der Waals surface area contributed by atoms with Crippen LogP contribution >= 0.6 is 0 Å². The minimum absolute atomic E-state index is 0.0646. The molecule has 4 rings (SSSR count). The molecule has 1 aliphatic rings. The Labute approximate surface area is 194 Å². The average Bonchev–Trinajstić information content (AvgIpc) is 3.14. The molecule has 0 spiro atoms. The highest BCUT2D eigenvalue weighted by atomic mass is 16.5. The molecule has 0 aromatic heterocycles. The lowest BCUT2D eigenvalue weighted by molar-refractivity contribution is -0.139. The van der Waals surface area contributed by atoms with Gasteiger partial charge in [0.05, 0.1) is 0 Å². The van der Waals surface area contributed by atoms with E-state index in [1.54, 1.807) is 0 Å². The SMILES string of the molecule is CC(C)c1cccc(CCC(NC(=O)OCC2c3ccccc3-c3ccccc32)C(=O)O)c1. The van der Waals surface area contributed by atoms with Gasteiger partial charge in [0, 0.05) is 5.92 Å². The Bertz CT molecular complexity index is 1110. The number of carboxylic acids is 1. The molecule has 0 aliphatic heterocycles. The maximum absolute atomic E-state index is 12.5. The number of carbonyl (C=O) groups excluding carboxylic acids is 1. The summed E-state index contributed by atoms with van der Waals surface area (Å²) in [6, 6.07) is 23.3. The molecule has 5 nitrogen and oxygen atoms in total. The van der Waals surface area contributed by atoms with E-state index in [0.29, 0.717) is 18.8 Å². The lowest BCUT2D eigenvalue weighted by Crippen LogP contribution is -2.41. The smallest absolute Gasteiger partial charge is 0.407 e. The monoisotopic (exact) mass is 443 g/mol. The Morgan fingerprint density at radius 2 is 1.58 bits per heavy atom. The standard InChI is InChI=1S/C28H29NO4/c1-18(2)20-9-7-8-19(16-20)14-15-26(27(30)31)29-28(32)33-17-25-23-12-5-3-10-21(23)22-11-4-6-13-24(22)25/h3-13,16,18,25-26H,14-15,17H2,1-2H3,(H,29,32)(H,30,31). The van der Waals surface area contributed by atoms with Gasteiger partial charge in [-0.25, -0.2) is 9.59 Å². The third-order valence-corrected chi connectivity index (χ3v) is 6.27. The van der Waals surface area contributed by atoms with Crippen LogP contribution in [0.1, 0.15) is 54.4 Å². The third-order valence-electron chi connectivity index (χ3n) is 6.27. The Hall–Kier alpha value is -3.60. The van der Waals surface area contributed by atoms with Crippen LogP contribution in [-0.4, -0.2) is 29.8 Å². The molecular formula is C28H29NO4. The van der Waals surface area contributed by atoms with Crippen molar-refractivity contribution in [2.75, 3.05) is 6.61 Å². The molecule has 0 saturated heterocycles. The fraction of sp³-hybridized carbons (Fsp3) is 0.286. The Morgan fingerprint density at radius 3 is 2.18 bits per heavy atom. The molecule has 0 saturated carbocycles. The van der Waals surface area contributed by atoms with Crippen LogP contribution in [0.25, 0.3) is 11.1 Å². The predicted molar refractivity (Wildman–Crippen MR) is 128 cm³/mol. The predicted octanol–water partition coefficient (Wildman–Crippen LogP) is 5.73. The van der Waals surface area contributed by atoms with Crippen LogP contribution in [0.5, 0.6) is 0 Å². The Kier molecular flexibility index (Phi) is 6.78. The second-order valence-corrected chi connectivity index (χ2v) is 8.80. The van der Waals surface area contributed by atoms with E-state index >= 15 is 0 Å². The molecule has 2 N–H and O–H groups in total. The van der Waals surface area contributed by atoms with Gasteiger partial charge in [-0.1, -0.05) is 86.6 Å². The number of rotatable bonds is 8. The molecule has 1 unspecified atom stereocenters. The van der Waals surface area contributed by atoms with Crippen LogP contribution in [0, 0.1) is 0 Å². The van der Waals surface area contributed by atoms with E-state index in [1.165, 1.54) is 5.56 Å². The summed E-state index contributed by atoms with van der Waals surface area (Å²) < 4.78 is 5.51. The molecule has 0 bridgehead atoms. The minimum Gasteiger partial charge on any atom is -0.480 e. The highest BCUT2D eigenvalue weighted by Crippen LogP contribution is 2.44. The molecule has 0 fully saturated rings. The third kappa shape index (κ3) is 5.08. The van der Waals surface area contributed by atoms with E-state index in [1.807, 2.05) is 48.5 Å². The second kappa shape index (κ2) is 9.90. The van der Waals surface area contributed by atoms with Crippen molar-refractivity contribution in [2.24, 2.45) is 0 Å². The van der Waals surface area contributed by atoms with Gasteiger partial charge in [0.2, 0.25) is 0 Å². The molecule has 170 valence electrons. The van der Waals surface area contributed by atoms with Crippen molar-refractivity contribution in [1.82, 2.24) is 5.32 Å². The summed E-state index contributed by atoms with van der Waals surface area (Å²) in [5.74, 6) is -0.729. The maximum atomic E-state index is 12.5. The number of aryl methyl sites for hydroxylation is 1. The minimum atomic E-state index is -1.07. The number of hydrogen-bond acceptors (Lipinski definition) is 3. The van der Waals surface area contributed by atoms with E-state index in [9.17, 15) is 14.7 Å². The number of carbonyl (C=O) groups is 2. The number of carboxylic acid groups (broad SMARTS) is 1. The summed E-state index contributed by atoms with van der Waals surface area (Å²) >= 11 is 0. The molecule has 33 heavy (non-hydrogen) atoms. The summed E-state index contributed by atoms with van der Waals surface area (Å²) in [7, 11) is 0. The summed E-state index contributed by atoms with van der Waals surface area (Å²) in [5, 5.41) is 12.1. The number of alkyl carbamates (subject to hydrolysis) is 1. The molecular weight excluding hydrogens is 414 g/mol. The zero-order valence-corrected chi connectivity index (χ0v) is 19.0. The molecule has 1 atom stereocenters. The van der Waals surface area contributed by atoms with Gasteiger partial charge in [-0.15, -0.1) is 0 Å². The highest BCUT2D eigenvalue weighted by Gasteiger charge is 2.29. The number of ether oxygens (including phenoxy) is 1. The van der Waals surface area contributed by atoms with Gasteiger partial charge < -0.3 is 15.2 Å².